The molecule has 1 unspecified atom stereocenters. The summed E-state index contributed by atoms with van der Waals surface area (Å²) in [6.07, 6.45) is 0.0896. The Labute approximate surface area is 104 Å². The molecule has 1 aromatic heterocycles. The topological polar surface area (TPSA) is 64.2 Å². The summed E-state index contributed by atoms with van der Waals surface area (Å²) in [6.45, 7) is 1.87. The molecule has 5 heteroatoms. The predicted molar refractivity (Wildman–Crippen MR) is 68.8 cm³/mol. The van der Waals surface area contributed by atoms with Crippen molar-refractivity contribution >= 4 is 17.0 Å². The van der Waals surface area contributed by atoms with Gasteiger partial charge in [-0.15, -0.1) is 0 Å². The maximum atomic E-state index is 11.8. The first-order valence-electron chi connectivity index (χ1n) is 5.79. The van der Waals surface area contributed by atoms with Crippen LogP contribution in [0.2, 0.25) is 0 Å². The zero-order valence-corrected chi connectivity index (χ0v) is 10.7. The van der Waals surface area contributed by atoms with Gasteiger partial charge in [-0.05, 0) is 23.6 Å². The molecule has 1 heterocycles. The maximum Gasteiger partial charge on any atom is 0.328 e. The van der Waals surface area contributed by atoms with Crippen molar-refractivity contribution in [2.75, 3.05) is 0 Å². The predicted octanol–water partition coefficient (Wildman–Crippen LogP) is 1.46. The van der Waals surface area contributed by atoms with E-state index in [4.69, 9.17) is 5.11 Å². The Morgan fingerprint density at radius 3 is 2.50 bits per heavy atom. The van der Waals surface area contributed by atoms with Crippen LogP contribution in [0.15, 0.2) is 23.0 Å². The molecule has 1 atom stereocenters. The van der Waals surface area contributed by atoms with E-state index in [0.717, 1.165) is 16.6 Å². The Morgan fingerprint density at radius 2 is 1.89 bits per heavy atom. The summed E-state index contributed by atoms with van der Waals surface area (Å²) in [7, 11) is 3.45. The number of nitrogens with zero attached hydrogens (tertiary/aromatic N) is 2. The van der Waals surface area contributed by atoms with Gasteiger partial charge in [0.25, 0.3) is 0 Å². The van der Waals surface area contributed by atoms with Crippen LogP contribution in [0.3, 0.4) is 0 Å². The second-order valence-corrected chi connectivity index (χ2v) is 4.65. The van der Waals surface area contributed by atoms with E-state index < -0.39 is 5.97 Å². The molecule has 0 aliphatic heterocycles. The zero-order chi connectivity index (χ0) is 13.4. The molecule has 0 fully saturated rings. The molecule has 0 spiro atoms. The fraction of sp³-hybridized carbons (Fsp3) is 0.385. The first kappa shape index (κ1) is 12.4. The van der Waals surface area contributed by atoms with E-state index in [-0.39, 0.29) is 18.0 Å². The lowest BCUT2D eigenvalue weighted by molar-refractivity contribution is -0.137. The highest BCUT2D eigenvalue weighted by Crippen LogP contribution is 2.23. The first-order chi connectivity index (χ1) is 8.41. The van der Waals surface area contributed by atoms with Crippen LogP contribution in [0.5, 0.6) is 0 Å². The Morgan fingerprint density at radius 1 is 1.28 bits per heavy atom. The lowest BCUT2D eigenvalue weighted by Gasteiger charge is -2.09. The average molecular weight is 248 g/mol. The number of aryl methyl sites for hydroxylation is 2. The highest BCUT2D eigenvalue weighted by molar-refractivity contribution is 5.77. The molecule has 1 N–H and O–H groups in total. The SMILES string of the molecule is CC(CC(=O)O)c1ccc2c(c1)n(C)c(=O)n2C. The van der Waals surface area contributed by atoms with Gasteiger partial charge in [0.15, 0.2) is 0 Å². The third-order valence-corrected chi connectivity index (χ3v) is 3.35. The van der Waals surface area contributed by atoms with Crippen LogP contribution in [0.25, 0.3) is 11.0 Å². The normalized spacial score (nSPS) is 12.8. The molecule has 96 valence electrons. The van der Waals surface area contributed by atoms with Crippen molar-refractivity contribution in [1.29, 1.82) is 0 Å². The van der Waals surface area contributed by atoms with E-state index in [1.807, 2.05) is 25.1 Å². The van der Waals surface area contributed by atoms with E-state index in [1.165, 1.54) is 0 Å². The van der Waals surface area contributed by atoms with Gasteiger partial charge < -0.3 is 5.11 Å². The molecule has 0 radical (unpaired) electrons. The fourth-order valence-corrected chi connectivity index (χ4v) is 2.21. The Hall–Kier alpha value is -2.04. The minimum absolute atomic E-state index is 0.0674. The van der Waals surface area contributed by atoms with Crippen LogP contribution in [0, 0.1) is 0 Å². The summed E-state index contributed by atoms with van der Waals surface area (Å²) in [5.74, 6) is -0.883. The number of fused-ring (bicyclic) bond motifs is 1. The second kappa shape index (κ2) is 4.33. The number of rotatable bonds is 3. The van der Waals surface area contributed by atoms with Gasteiger partial charge in [-0.2, -0.15) is 0 Å². The van der Waals surface area contributed by atoms with Crippen molar-refractivity contribution in [3.8, 4) is 0 Å². The summed E-state index contributed by atoms with van der Waals surface area (Å²) in [4.78, 5) is 22.5. The minimum atomic E-state index is -0.815. The monoisotopic (exact) mass is 248 g/mol. The molecule has 0 saturated carbocycles. The summed E-state index contributed by atoms with van der Waals surface area (Å²) in [5, 5.41) is 8.80. The smallest absolute Gasteiger partial charge is 0.328 e. The number of aromatic nitrogens is 2. The number of carboxylic acid groups (broad SMARTS) is 1. The fourth-order valence-electron chi connectivity index (χ4n) is 2.21. The minimum Gasteiger partial charge on any atom is -0.481 e. The van der Waals surface area contributed by atoms with Gasteiger partial charge in [-0.25, -0.2) is 4.79 Å². The van der Waals surface area contributed by atoms with Gasteiger partial charge in [-0.1, -0.05) is 13.0 Å². The van der Waals surface area contributed by atoms with Crippen molar-refractivity contribution < 1.29 is 9.90 Å². The Balaban J connectivity index is 2.54. The molecule has 0 aliphatic rings. The number of benzene rings is 1. The van der Waals surface area contributed by atoms with Gasteiger partial charge in [0.2, 0.25) is 0 Å². The van der Waals surface area contributed by atoms with Crippen LogP contribution in [-0.4, -0.2) is 20.2 Å². The summed E-state index contributed by atoms with van der Waals surface area (Å²) in [6, 6.07) is 5.64. The third kappa shape index (κ3) is 1.92. The lowest BCUT2D eigenvalue weighted by Crippen LogP contribution is -2.19. The van der Waals surface area contributed by atoms with Crippen LogP contribution < -0.4 is 5.69 Å². The molecule has 2 aromatic rings. The van der Waals surface area contributed by atoms with Crippen molar-refractivity contribution in [1.82, 2.24) is 9.13 Å². The molecule has 0 saturated heterocycles. The number of aliphatic carboxylic acids is 1. The first-order valence-corrected chi connectivity index (χ1v) is 5.79. The number of imidazole rings is 1. The van der Waals surface area contributed by atoms with Crippen molar-refractivity contribution in [3.63, 3.8) is 0 Å². The van der Waals surface area contributed by atoms with Crippen molar-refractivity contribution in [2.45, 2.75) is 19.3 Å². The summed E-state index contributed by atoms with van der Waals surface area (Å²) >= 11 is 0. The van der Waals surface area contributed by atoms with Gasteiger partial charge in [0, 0.05) is 14.1 Å². The molecule has 5 nitrogen and oxygen atoms in total. The molecule has 18 heavy (non-hydrogen) atoms. The average Bonchev–Trinajstić information content (AvgIpc) is 2.53. The zero-order valence-electron chi connectivity index (χ0n) is 10.7. The van der Waals surface area contributed by atoms with E-state index >= 15 is 0 Å². The molecule has 0 amide bonds. The maximum absolute atomic E-state index is 11.8. The number of hydrogen-bond donors (Lipinski definition) is 1. The second-order valence-electron chi connectivity index (χ2n) is 4.65. The molecule has 1 aromatic carbocycles. The van der Waals surface area contributed by atoms with Crippen molar-refractivity contribution in [3.05, 3.63) is 34.2 Å². The Bertz CT molecular complexity index is 667. The summed E-state index contributed by atoms with van der Waals surface area (Å²) < 4.78 is 3.16. The lowest BCUT2D eigenvalue weighted by atomic mass is 9.97. The van der Waals surface area contributed by atoms with Gasteiger partial charge in [0.05, 0.1) is 17.5 Å². The van der Waals surface area contributed by atoms with E-state index in [2.05, 4.69) is 0 Å². The van der Waals surface area contributed by atoms with Crippen LogP contribution in [0.1, 0.15) is 24.8 Å². The van der Waals surface area contributed by atoms with Crippen molar-refractivity contribution in [2.24, 2.45) is 14.1 Å². The largest absolute Gasteiger partial charge is 0.481 e. The standard InChI is InChI=1S/C13H16N2O3/c1-8(6-12(16)17)9-4-5-10-11(7-9)15(3)13(18)14(10)2/h4-5,7-8H,6H2,1-3H3,(H,16,17). The number of hydrogen-bond acceptors (Lipinski definition) is 2. The van der Waals surface area contributed by atoms with E-state index in [9.17, 15) is 9.59 Å². The van der Waals surface area contributed by atoms with E-state index in [1.54, 1.807) is 23.2 Å². The molecular formula is C13H16N2O3. The number of carbonyl (C=O) groups is 1. The van der Waals surface area contributed by atoms with E-state index in [0.29, 0.717) is 0 Å². The van der Waals surface area contributed by atoms with Crippen LogP contribution in [0.4, 0.5) is 0 Å². The highest BCUT2D eigenvalue weighted by atomic mass is 16.4. The van der Waals surface area contributed by atoms with Gasteiger partial charge in [0.1, 0.15) is 0 Å². The molecule has 2 rings (SSSR count). The quantitative estimate of drug-likeness (QED) is 0.894. The van der Waals surface area contributed by atoms with Gasteiger partial charge >= 0.3 is 11.7 Å². The van der Waals surface area contributed by atoms with Gasteiger partial charge in [-0.3, -0.25) is 13.9 Å². The molecule has 0 aliphatic carbocycles. The number of carboxylic acids is 1. The molecular weight excluding hydrogens is 232 g/mol. The Kier molecular flexibility index (Phi) is 2.98. The van der Waals surface area contributed by atoms with Crippen LogP contribution in [-0.2, 0) is 18.9 Å². The van der Waals surface area contributed by atoms with Crippen LogP contribution >= 0.6 is 0 Å². The third-order valence-electron chi connectivity index (χ3n) is 3.35. The molecule has 0 bridgehead atoms. The highest BCUT2D eigenvalue weighted by Gasteiger charge is 2.13. The summed E-state index contributed by atoms with van der Waals surface area (Å²) in [5.41, 5.74) is 2.55.